The lowest BCUT2D eigenvalue weighted by Crippen LogP contribution is -2.12. The molecule has 1 aliphatic heterocycles. The van der Waals surface area contributed by atoms with Gasteiger partial charge in [-0.1, -0.05) is 28.1 Å². The number of fused-ring (bicyclic) bond motifs is 1. The highest BCUT2D eigenvalue weighted by atomic mass is 79.9. The van der Waals surface area contributed by atoms with Gasteiger partial charge in [-0.15, -0.1) is 0 Å². The van der Waals surface area contributed by atoms with E-state index in [4.69, 9.17) is 0 Å². The van der Waals surface area contributed by atoms with Crippen LogP contribution in [0.15, 0.2) is 45.3 Å². The van der Waals surface area contributed by atoms with Crippen LogP contribution in [0.2, 0.25) is 0 Å². The minimum Gasteiger partial charge on any atom is -0.380 e. The maximum Gasteiger partial charge on any atom is 0.0488 e. The molecule has 0 aliphatic carbocycles. The van der Waals surface area contributed by atoms with Gasteiger partial charge in [0.05, 0.1) is 0 Å². The third kappa shape index (κ3) is 2.86. The van der Waals surface area contributed by atoms with Gasteiger partial charge in [-0.25, -0.2) is 0 Å². The maximum atomic E-state index is 3.58. The zero-order valence-corrected chi connectivity index (χ0v) is 14.5. The van der Waals surface area contributed by atoms with E-state index < -0.39 is 0 Å². The summed E-state index contributed by atoms with van der Waals surface area (Å²) in [7, 11) is 2.16. The zero-order valence-electron chi connectivity index (χ0n) is 11.3. The van der Waals surface area contributed by atoms with Gasteiger partial charge >= 0.3 is 0 Å². The van der Waals surface area contributed by atoms with Crippen molar-refractivity contribution in [2.75, 3.05) is 23.8 Å². The van der Waals surface area contributed by atoms with Crippen molar-refractivity contribution in [1.29, 1.82) is 0 Å². The summed E-state index contributed by atoms with van der Waals surface area (Å²) in [4.78, 5) is 2.32. The smallest absolute Gasteiger partial charge is 0.0488 e. The molecule has 0 saturated heterocycles. The molecule has 2 aromatic carbocycles. The molecule has 20 heavy (non-hydrogen) atoms. The van der Waals surface area contributed by atoms with E-state index in [9.17, 15) is 0 Å². The number of hydrogen-bond acceptors (Lipinski definition) is 2. The van der Waals surface area contributed by atoms with E-state index in [1.807, 2.05) is 6.07 Å². The van der Waals surface area contributed by atoms with Gasteiger partial charge in [0.15, 0.2) is 0 Å². The molecule has 0 fully saturated rings. The third-order valence-corrected chi connectivity index (χ3v) is 4.84. The highest BCUT2D eigenvalue weighted by molar-refractivity contribution is 9.11. The number of nitrogens with one attached hydrogen (secondary N) is 1. The molecule has 0 bridgehead atoms. The Morgan fingerprint density at radius 2 is 2.00 bits per heavy atom. The van der Waals surface area contributed by atoms with Crippen molar-refractivity contribution in [1.82, 2.24) is 0 Å². The van der Waals surface area contributed by atoms with Gasteiger partial charge in [0.25, 0.3) is 0 Å². The zero-order chi connectivity index (χ0) is 14.1. The van der Waals surface area contributed by atoms with Crippen LogP contribution in [-0.4, -0.2) is 13.6 Å². The molecular formula is C16H16Br2N2. The average molecular weight is 396 g/mol. The van der Waals surface area contributed by atoms with E-state index in [0.717, 1.165) is 34.1 Å². The lowest BCUT2D eigenvalue weighted by molar-refractivity contribution is 0.955. The molecule has 0 unspecified atom stereocenters. The summed E-state index contributed by atoms with van der Waals surface area (Å²) in [5.41, 5.74) is 5.28. The average Bonchev–Trinajstić information content (AvgIpc) is 2.79. The molecule has 3 rings (SSSR count). The first kappa shape index (κ1) is 14.0. The second-order valence-corrected chi connectivity index (χ2v) is 6.88. The van der Waals surface area contributed by atoms with Crippen LogP contribution in [-0.2, 0) is 13.0 Å². The number of likely N-dealkylation sites (N-methyl/N-ethyl adjacent to an activating group) is 1. The Hall–Kier alpha value is -1.00. The summed E-state index contributed by atoms with van der Waals surface area (Å²) in [6, 6.07) is 12.9. The van der Waals surface area contributed by atoms with E-state index in [-0.39, 0.29) is 0 Å². The predicted octanol–water partition coefficient (Wildman–Crippen LogP) is 4.82. The Morgan fingerprint density at radius 1 is 1.15 bits per heavy atom. The maximum absolute atomic E-state index is 3.58. The second kappa shape index (κ2) is 5.78. The monoisotopic (exact) mass is 394 g/mol. The molecule has 2 aromatic rings. The van der Waals surface area contributed by atoms with Crippen LogP contribution in [0.25, 0.3) is 0 Å². The Kier molecular flexibility index (Phi) is 4.03. The first-order chi connectivity index (χ1) is 9.63. The van der Waals surface area contributed by atoms with Crippen molar-refractivity contribution in [2.45, 2.75) is 13.0 Å². The quantitative estimate of drug-likeness (QED) is 0.801. The lowest BCUT2D eigenvalue weighted by Gasteiger charge is -2.13. The highest BCUT2D eigenvalue weighted by Crippen LogP contribution is 2.29. The van der Waals surface area contributed by atoms with Crippen LogP contribution in [0.5, 0.6) is 0 Å². The first-order valence-electron chi connectivity index (χ1n) is 6.65. The standard InChI is InChI=1S/C16H16Br2N2/c1-20-7-6-12-8-11(2-5-16(12)20)10-19-15-4-3-13(17)9-14(15)18/h2-5,8-9,19H,6-7,10H2,1H3. The molecule has 1 heterocycles. The third-order valence-electron chi connectivity index (χ3n) is 3.69. The molecule has 0 aromatic heterocycles. The Morgan fingerprint density at radius 3 is 2.80 bits per heavy atom. The topological polar surface area (TPSA) is 15.3 Å². The molecule has 4 heteroatoms. The van der Waals surface area contributed by atoms with Crippen LogP contribution in [0, 0.1) is 0 Å². The minimum absolute atomic E-state index is 0.844. The van der Waals surface area contributed by atoms with Gasteiger partial charge in [-0.3, -0.25) is 0 Å². The number of anilines is 2. The van der Waals surface area contributed by atoms with Crippen LogP contribution in [0.4, 0.5) is 11.4 Å². The summed E-state index contributed by atoms with van der Waals surface area (Å²) in [5.74, 6) is 0. The van der Waals surface area contributed by atoms with Gasteiger partial charge in [0.1, 0.15) is 0 Å². The molecule has 2 nitrogen and oxygen atoms in total. The van der Waals surface area contributed by atoms with E-state index >= 15 is 0 Å². The second-order valence-electron chi connectivity index (χ2n) is 5.11. The van der Waals surface area contributed by atoms with Gasteiger partial charge in [0, 0.05) is 40.5 Å². The summed E-state index contributed by atoms with van der Waals surface area (Å²) in [6.07, 6.45) is 1.15. The molecular weight excluding hydrogens is 380 g/mol. The van der Waals surface area contributed by atoms with Crippen molar-refractivity contribution in [3.8, 4) is 0 Å². The van der Waals surface area contributed by atoms with Gasteiger partial charge in [-0.05, 0) is 57.7 Å². The van der Waals surface area contributed by atoms with Crippen molar-refractivity contribution in [3.05, 3.63) is 56.5 Å². The summed E-state index contributed by atoms with van der Waals surface area (Å²) >= 11 is 7.05. The number of halogens is 2. The Balaban J connectivity index is 1.73. The predicted molar refractivity (Wildman–Crippen MR) is 92.6 cm³/mol. The van der Waals surface area contributed by atoms with Crippen molar-refractivity contribution < 1.29 is 0 Å². The van der Waals surface area contributed by atoms with E-state index in [0.29, 0.717) is 0 Å². The molecule has 1 N–H and O–H groups in total. The van der Waals surface area contributed by atoms with Gasteiger partial charge in [-0.2, -0.15) is 0 Å². The molecule has 0 saturated carbocycles. The number of benzene rings is 2. The van der Waals surface area contributed by atoms with Gasteiger partial charge < -0.3 is 10.2 Å². The summed E-state index contributed by atoms with van der Waals surface area (Å²) in [6.45, 7) is 1.97. The number of rotatable bonds is 3. The van der Waals surface area contributed by atoms with Crippen LogP contribution < -0.4 is 10.2 Å². The number of nitrogens with zero attached hydrogens (tertiary/aromatic N) is 1. The normalized spacial score (nSPS) is 13.4. The largest absolute Gasteiger partial charge is 0.380 e. The summed E-state index contributed by atoms with van der Waals surface area (Å²) in [5, 5.41) is 3.48. The first-order valence-corrected chi connectivity index (χ1v) is 8.24. The van der Waals surface area contributed by atoms with Crippen molar-refractivity contribution in [3.63, 3.8) is 0 Å². The van der Waals surface area contributed by atoms with Crippen LogP contribution in [0.3, 0.4) is 0 Å². The van der Waals surface area contributed by atoms with E-state index in [1.165, 1.54) is 16.8 Å². The molecule has 0 amide bonds. The highest BCUT2D eigenvalue weighted by Gasteiger charge is 2.15. The van der Waals surface area contributed by atoms with E-state index in [2.05, 4.69) is 79.5 Å². The molecule has 1 aliphatic rings. The van der Waals surface area contributed by atoms with Crippen LogP contribution in [0.1, 0.15) is 11.1 Å². The lowest BCUT2D eigenvalue weighted by atomic mass is 10.1. The fourth-order valence-corrected chi connectivity index (χ4v) is 3.75. The molecule has 104 valence electrons. The SMILES string of the molecule is CN1CCc2cc(CNc3ccc(Br)cc3Br)ccc21. The Labute approximate surface area is 136 Å². The Bertz CT molecular complexity index is 640. The van der Waals surface area contributed by atoms with Gasteiger partial charge in [0.2, 0.25) is 0 Å². The minimum atomic E-state index is 0.844. The van der Waals surface area contributed by atoms with E-state index in [1.54, 1.807) is 0 Å². The molecule has 0 atom stereocenters. The van der Waals surface area contributed by atoms with Crippen LogP contribution >= 0.6 is 31.9 Å². The van der Waals surface area contributed by atoms with Crippen molar-refractivity contribution >= 4 is 43.2 Å². The molecule has 0 spiro atoms. The number of hydrogen-bond donors (Lipinski definition) is 1. The fourth-order valence-electron chi connectivity index (χ4n) is 2.56. The van der Waals surface area contributed by atoms with Crippen molar-refractivity contribution in [2.24, 2.45) is 0 Å². The summed E-state index contributed by atoms with van der Waals surface area (Å²) < 4.78 is 2.16. The molecule has 0 radical (unpaired) electrons. The fraction of sp³-hybridized carbons (Fsp3) is 0.250.